The van der Waals surface area contributed by atoms with Crippen molar-refractivity contribution in [2.75, 3.05) is 13.1 Å². The third kappa shape index (κ3) is 2.55. The van der Waals surface area contributed by atoms with Crippen LogP contribution in [0.5, 0.6) is 0 Å². The Morgan fingerprint density at radius 3 is 2.93 bits per heavy atom. The summed E-state index contributed by atoms with van der Waals surface area (Å²) < 4.78 is 13.0. The highest BCUT2D eigenvalue weighted by Crippen LogP contribution is 2.15. The fourth-order valence-electron chi connectivity index (χ4n) is 2.02. The number of nitrogens with zero attached hydrogens (tertiary/aromatic N) is 1. The van der Waals surface area contributed by atoms with Crippen molar-refractivity contribution in [1.29, 1.82) is 0 Å². The van der Waals surface area contributed by atoms with Gasteiger partial charge in [0, 0.05) is 19.6 Å². The molecule has 1 N–H and O–H groups in total. The van der Waals surface area contributed by atoms with E-state index in [1.165, 1.54) is 6.07 Å². The number of hydrogen-bond acceptors (Lipinski definition) is 2. The lowest BCUT2D eigenvalue weighted by molar-refractivity contribution is 0.175. The first-order valence-electron chi connectivity index (χ1n) is 5.30. The molecule has 82 valence electrons. The number of aryl methyl sites for hydroxylation is 1. The van der Waals surface area contributed by atoms with E-state index in [0.29, 0.717) is 5.56 Å². The highest BCUT2D eigenvalue weighted by molar-refractivity contribution is 5.23. The lowest BCUT2D eigenvalue weighted by Gasteiger charge is -2.15. The topological polar surface area (TPSA) is 23.5 Å². The molecule has 0 aromatic heterocycles. The Balaban J connectivity index is 2.02. The quantitative estimate of drug-likeness (QED) is 0.801. The molecular formula is C12H16FNO. The largest absolute Gasteiger partial charge is 0.392 e. The van der Waals surface area contributed by atoms with E-state index in [2.05, 4.69) is 4.90 Å². The standard InChI is InChI=1S/C12H16FNO/c1-9-6-10(2-3-12(9)13)7-14-5-4-11(15)8-14/h2-3,6,11,15H,4-5,7-8H2,1H3/t11-/m0/s1. The molecular weight excluding hydrogens is 193 g/mol. The molecule has 2 nitrogen and oxygen atoms in total. The van der Waals surface area contributed by atoms with Crippen molar-refractivity contribution in [3.05, 3.63) is 35.1 Å². The van der Waals surface area contributed by atoms with Gasteiger partial charge >= 0.3 is 0 Å². The molecule has 2 rings (SSSR count). The zero-order valence-corrected chi connectivity index (χ0v) is 8.91. The molecule has 0 radical (unpaired) electrons. The molecule has 1 aliphatic rings. The van der Waals surface area contributed by atoms with Crippen LogP contribution in [0, 0.1) is 12.7 Å². The fraction of sp³-hybridized carbons (Fsp3) is 0.500. The summed E-state index contributed by atoms with van der Waals surface area (Å²) in [6.45, 7) is 4.24. The van der Waals surface area contributed by atoms with Crippen LogP contribution in [0.2, 0.25) is 0 Å². The van der Waals surface area contributed by atoms with Crippen molar-refractivity contribution in [3.63, 3.8) is 0 Å². The van der Waals surface area contributed by atoms with Crippen molar-refractivity contribution in [1.82, 2.24) is 4.90 Å². The average molecular weight is 209 g/mol. The van der Waals surface area contributed by atoms with E-state index in [0.717, 1.165) is 31.6 Å². The third-order valence-corrected chi connectivity index (χ3v) is 2.88. The van der Waals surface area contributed by atoms with Crippen LogP contribution in [0.3, 0.4) is 0 Å². The van der Waals surface area contributed by atoms with Crippen molar-refractivity contribution < 1.29 is 9.50 Å². The second-order valence-electron chi connectivity index (χ2n) is 4.26. The molecule has 0 aliphatic carbocycles. The van der Waals surface area contributed by atoms with E-state index in [9.17, 15) is 9.50 Å². The maximum atomic E-state index is 13.0. The van der Waals surface area contributed by atoms with Crippen LogP contribution in [0.25, 0.3) is 0 Å². The zero-order chi connectivity index (χ0) is 10.8. The van der Waals surface area contributed by atoms with Crippen molar-refractivity contribution in [3.8, 4) is 0 Å². The number of halogens is 1. The first kappa shape index (κ1) is 10.6. The molecule has 1 aromatic rings. The SMILES string of the molecule is Cc1cc(CN2CC[C@H](O)C2)ccc1F. The Morgan fingerprint density at radius 2 is 2.33 bits per heavy atom. The summed E-state index contributed by atoms with van der Waals surface area (Å²) in [5.41, 5.74) is 1.80. The van der Waals surface area contributed by atoms with Crippen LogP contribution >= 0.6 is 0 Å². The molecule has 0 bridgehead atoms. The Bertz CT molecular complexity index is 353. The van der Waals surface area contributed by atoms with Crippen molar-refractivity contribution in [2.45, 2.75) is 26.0 Å². The minimum Gasteiger partial charge on any atom is -0.392 e. The Hall–Kier alpha value is -0.930. The lowest BCUT2D eigenvalue weighted by Crippen LogP contribution is -2.21. The molecule has 1 saturated heterocycles. The van der Waals surface area contributed by atoms with Crippen LogP contribution in [-0.2, 0) is 6.54 Å². The van der Waals surface area contributed by atoms with Gasteiger partial charge in [0.2, 0.25) is 0 Å². The van der Waals surface area contributed by atoms with E-state index < -0.39 is 0 Å². The molecule has 1 heterocycles. The Kier molecular flexibility index (Phi) is 3.03. The van der Waals surface area contributed by atoms with Gasteiger partial charge in [-0.1, -0.05) is 12.1 Å². The van der Waals surface area contributed by atoms with Gasteiger partial charge in [-0.3, -0.25) is 4.90 Å². The first-order valence-corrected chi connectivity index (χ1v) is 5.30. The van der Waals surface area contributed by atoms with Gasteiger partial charge in [-0.25, -0.2) is 4.39 Å². The van der Waals surface area contributed by atoms with Crippen LogP contribution in [0.15, 0.2) is 18.2 Å². The number of aliphatic hydroxyl groups is 1. The monoisotopic (exact) mass is 209 g/mol. The summed E-state index contributed by atoms with van der Waals surface area (Å²) in [4.78, 5) is 2.19. The molecule has 1 fully saturated rings. The summed E-state index contributed by atoms with van der Waals surface area (Å²) in [6.07, 6.45) is 0.659. The van der Waals surface area contributed by atoms with Gasteiger partial charge in [0.05, 0.1) is 6.10 Å². The van der Waals surface area contributed by atoms with Gasteiger partial charge in [0.15, 0.2) is 0 Å². The normalized spacial score (nSPS) is 22.2. The van der Waals surface area contributed by atoms with Gasteiger partial charge in [0.1, 0.15) is 5.82 Å². The summed E-state index contributed by atoms with van der Waals surface area (Å²) in [5.74, 6) is -0.153. The molecule has 0 unspecified atom stereocenters. The number of rotatable bonds is 2. The molecule has 15 heavy (non-hydrogen) atoms. The highest BCUT2D eigenvalue weighted by Gasteiger charge is 2.19. The van der Waals surface area contributed by atoms with Gasteiger partial charge in [-0.2, -0.15) is 0 Å². The average Bonchev–Trinajstić information content (AvgIpc) is 2.58. The van der Waals surface area contributed by atoms with Gasteiger partial charge < -0.3 is 5.11 Å². The molecule has 0 amide bonds. The third-order valence-electron chi connectivity index (χ3n) is 2.88. The van der Waals surface area contributed by atoms with E-state index in [1.807, 2.05) is 12.1 Å². The molecule has 3 heteroatoms. The second kappa shape index (κ2) is 4.29. The van der Waals surface area contributed by atoms with Gasteiger partial charge in [-0.15, -0.1) is 0 Å². The van der Waals surface area contributed by atoms with E-state index in [1.54, 1.807) is 6.92 Å². The maximum absolute atomic E-state index is 13.0. The zero-order valence-electron chi connectivity index (χ0n) is 8.91. The predicted molar refractivity (Wildman–Crippen MR) is 57.0 cm³/mol. The second-order valence-corrected chi connectivity index (χ2v) is 4.26. The summed E-state index contributed by atoms with van der Waals surface area (Å²) in [7, 11) is 0. The van der Waals surface area contributed by atoms with Crippen LogP contribution < -0.4 is 0 Å². The molecule has 1 atom stereocenters. The minimum absolute atomic E-state index is 0.153. The molecule has 1 aliphatic heterocycles. The van der Waals surface area contributed by atoms with E-state index in [4.69, 9.17) is 0 Å². The number of aliphatic hydroxyl groups excluding tert-OH is 1. The van der Waals surface area contributed by atoms with Crippen LogP contribution in [0.4, 0.5) is 4.39 Å². The summed E-state index contributed by atoms with van der Waals surface area (Å²) in [5, 5.41) is 9.37. The van der Waals surface area contributed by atoms with Crippen LogP contribution in [-0.4, -0.2) is 29.2 Å². The Morgan fingerprint density at radius 1 is 1.53 bits per heavy atom. The molecule has 0 saturated carbocycles. The van der Waals surface area contributed by atoms with Gasteiger partial charge in [-0.05, 0) is 30.5 Å². The molecule has 1 aromatic carbocycles. The summed E-state index contributed by atoms with van der Waals surface area (Å²) in [6, 6.07) is 5.20. The van der Waals surface area contributed by atoms with Crippen molar-refractivity contribution in [2.24, 2.45) is 0 Å². The minimum atomic E-state index is -0.188. The lowest BCUT2D eigenvalue weighted by atomic mass is 10.1. The number of benzene rings is 1. The van der Waals surface area contributed by atoms with E-state index in [-0.39, 0.29) is 11.9 Å². The van der Waals surface area contributed by atoms with Gasteiger partial charge in [0.25, 0.3) is 0 Å². The summed E-state index contributed by atoms with van der Waals surface area (Å²) >= 11 is 0. The van der Waals surface area contributed by atoms with Crippen molar-refractivity contribution >= 4 is 0 Å². The number of likely N-dealkylation sites (tertiary alicyclic amines) is 1. The molecule has 0 spiro atoms. The predicted octanol–water partition coefficient (Wildman–Crippen LogP) is 1.70. The fourth-order valence-corrected chi connectivity index (χ4v) is 2.02. The maximum Gasteiger partial charge on any atom is 0.126 e. The van der Waals surface area contributed by atoms with Crippen LogP contribution in [0.1, 0.15) is 17.5 Å². The number of hydrogen-bond donors (Lipinski definition) is 1. The highest BCUT2D eigenvalue weighted by atomic mass is 19.1. The smallest absolute Gasteiger partial charge is 0.126 e. The Labute approximate surface area is 89.3 Å². The first-order chi connectivity index (χ1) is 7.15. The number of β-amino-alcohol motifs (C(OH)–C–C–N with tert-alkyl or cyclic N) is 1. The van der Waals surface area contributed by atoms with E-state index >= 15 is 0 Å².